The molecule has 0 aliphatic rings. The zero-order valence-corrected chi connectivity index (χ0v) is 10.2. The predicted octanol–water partition coefficient (Wildman–Crippen LogP) is 3.74. The number of para-hydroxylation sites is 1. The number of rotatable bonds is 2. The second-order valence-electron chi connectivity index (χ2n) is 4.30. The maximum atomic E-state index is 4.01. The van der Waals surface area contributed by atoms with Crippen molar-refractivity contribution in [3.05, 3.63) is 66.1 Å². The molecule has 0 unspecified atom stereocenters. The van der Waals surface area contributed by atoms with E-state index in [0.717, 1.165) is 5.56 Å². The van der Waals surface area contributed by atoms with Gasteiger partial charge in [0.2, 0.25) is 0 Å². The molecule has 0 atom stereocenters. The molecule has 0 fully saturated rings. The average molecular weight is 234 g/mol. The van der Waals surface area contributed by atoms with Gasteiger partial charge in [-0.15, -0.1) is 0 Å². The lowest BCUT2D eigenvalue weighted by Crippen LogP contribution is -1.89. The molecule has 0 saturated carbocycles. The minimum atomic E-state index is 1.16. The third-order valence-corrected chi connectivity index (χ3v) is 3.14. The van der Waals surface area contributed by atoms with Crippen molar-refractivity contribution in [1.29, 1.82) is 0 Å². The van der Waals surface area contributed by atoms with Crippen LogP contribution < -0.4 is 0 Å². The Bertz CT molecular complexity index is 693. The molecule has 0 aliphatic heterocycles. The van der Waals surface area contributed by atoms with Gasteiger partial charge in [-0.25, -0.2) is 0 Å². The molecule has 0 bridgehead atoms. The lowest BCUT2D eigenvalue weighted by atomic mass is 10.2. The van der Waals surface area contributed by atoms with E-state index < -0.39 is 0 Å². The Kier molecular flexibility index (Phi) is 2.69. The second kappa shape index (κ2) is 4.49. The van der Waals surface area contributed by atoms with Gasteiger partial charge < -0.3 is 4.57 Å². The molecule has 1 aromatic carbocycles. The van der Waals surface area contributed by atoms with Gasteiger partial charge in [0.25, 0.3) is 0 Å². The summed E-state index contributed by atoms with van der Waals surface area (Å²) in [6.07, 6.45) is 7.85. The van der Waals surface area contributed by atoms with E-state index in [0.29, 0.717) is 0 Å². The van der Waals surface area contributed by atoms with Crippen molar-refractivity contribution in [1.82, 2.24) is 9.55 Å². The summed E-state index contributed by atoms with van der Waals surface area (Å²) in [6.45, 7) is 0. The summed E-state index contributed by atoms with van der Waals surface area (Å²) in [5, 5.41) is 1.27. The SMILES string of the molecule is Cn1c(/C=C/c2ccncc2)cc2ccccc21. The smallest absolute Gasteiger partial charge is 0.0482 e. The van der Waals surface area contributed by atoms with Gasteiger partial charge in [0, 0.05) is 36.0 Å². The second-order valence-corrected chi connectivity index (χ2v) is 4.30. The van der Waals surface area contributed by atoms with Crippen molar-refractivity contribution >= 4 is 23.1 Å². The highest BCUT2D eigenvalue weighted by molar-refractivity contribution is 5.85. The van der Waals surface area contributed by atoms with Crippen LogP contribution in [0.15, 0.2) is 54.9 Å². The highest BCUT2D eigenvalue weighted by Crippen LogP contribution is 2.19. The molecule has 2 heteroatoms. The number of nitrogens with zero attached hydrogens (tertiary/aromatic N) is 2. The van der Waals surface area contributed by atoms with E-state index in [2.05, 4.69) is 59.1 Å². The molecule has 3 aromatic rings. The highest BCUT2D eigenvalue weighted by atomic mass is 14.9. The Labute approximate surface area is 106 Å². The standard InChI is InChI=1S/C16H14N2/c1-18-15(7-6-13-8-10-17-11-9-13)12-14-4-2-3-5-16(14)18/h2-12H,1H3/b7-6+. The molecule has 0 spiro atoms. The van der Waals surface area contributed by atoms with E-state index >= 15 is 0 Å². The van der Waals surface area contributed by atoms with Crippen LogP contribution in [0.1, 0.15) is 11.3 Å². The zero-order valence-electron chi connectivity index (χ0n) is 10.2. The maximum Gasteiger partial charge on any atom is 0.0482 e. The van der Waals surface area contributed by atoms with E-state index in [1.54, 1.807) is 12.4 Å². The summed E-state index contributed by atoms with van der Waals surface area (Å²) in [5.74, 6) is 0. The topological polar surface area (TPSA) is 17.8 Å². The molecule has 3 rings (SSSR count). The third-order valence-electron chi connectivity index (χ3n) is 3.14. The van der Waals surface area contributed by atoms with Gasteiger partial charge in [0.1, 0.15) is 0 Å². The third kappa shape index (κ3) is 1.93. The summed E-state index contributed by atoms with van der Waals surface area (Å²) in [4.78, 5) is 4.01. The minimum absolute atomic E-state index is 1.16. The summed E-state index contributed by atoms with van der Waals surface area (Å²) in [7, 11) is 2.09. The predicted molar refractivity (Wildman–Crippen MR) is 76.1 cm³/mol. The van der Waals surface area contributed by atoms with Crippen molar-refractivity contribution in [2.45, 2.75) is 0 Å². The van der Waals surface area contributed by atoms with Crippen molar-refractivity contribution < 1.29 is 0 Å². The first kappa shape index (κ1) is 10.8. The van der Waals surface area contributed by atoms with Crippen molar-refractivity contribution in [3.8, 4) is 0 Å². The molecule has 88 valence electrons. The Balaban J connectivity index is 2.00. The maximum absolute atomic E-state index is 4.01. The van der Waals surface area contributed by atoms with Crippen LogP contribution in [-0.4, -0.2) is 9.55 Å². The van der Waals surface area contributed by atoms with E-state index in [1.165, 1.54) is 16.6 Å². The number of benzene rings is 1. The van der Waals surface area contributed by atoms with E-state index in [9.17, 15) is 0 Å². The summed E-state index contributed by atoms with van der Waals surface area (Å²) in [5.41, 5.74) is 3.62. The Morgan fingerprint density at radius 1 is 1.00 bits per heavy atom. The average Bonchev–Trinajstić information content (AvgIpc) is 2.75. The Morgan fingerprint density at radius 3 is 2.56 bits per heavy atom. The van der Waals surface area contributed by atoms with Gasteiger partial charge in [0.15, 0.2) is 0 Å². The fourth-order valence-corrected chi connectivity index (χ4v) is 2.13. The molecule has 2 aromatic heterocycles. The van der Waals surface area contributed by atoms with Crippen molar-refractivity contribution in [2.75, 3.05) is 0 Å². The molecule has 2 heterocycles. The van der Waals surface area contributed by atoms with Crippen LogP contribution in [0.4, 0.5) is 0 Å². The summed E-state index contributed by atoms with van der Waals surface area (Å²) in [6, 6.07) is 14.6. The highest BCUT2D eigenvalue weighted by Gasteiger charge is 2.01. The molecule has 0 saturated heterocycles. The number of aryl methyl sites for hydroxylation is 1. The van der Waals surface area contributed by atoms with Gasteiger partial charge >= 0.3 is 0 Å². The number of pyridine rings is 1. The van der Waals surface area contributed by atoms with Gasteiger partial charge in [-0.3, -0.25) is 4.98 Å². The summed E-state index contributed by atoms with van der Waals surface area (Å²) >= 11 is 0. The van der Waals surface area contributed by atoms with Crippen LogP contribution in [0, 0.1) is 0 Å². The first-order valence-electron chi connectivity index (χ1n) is 5.97. The monoisotopic (exact) mass is 234 g/mol. The van der Waals surface area contributed by atoms with Crippen LogP contribution in [-0.2, 0) is 7.05 Å². The van der Waals surface area contributed by atoms with E-state index in [4.69, 9.17) is 0 Å². The van der Waals surface area contributed by atoms with Crippen molar-refractivity contribution in [2.24, 2.45) is 7.05 Å². The van der Waals surface area contributed by atoms with Crippen LogP contribution in [0.2, 0.25) is 0 Å². The number of fused-ring (bicyclic) bond motifs is 1. The van der Waals surface area contributed by atoms with E-state index in [-0.39, 0.29) is 0 Å². The molecular formula is C16H14N2. The molecule has 18 heavy (non-hydrogen) atoms. The first-order valence-corrected chi connectivity index (χ1v) is 5.97. The van der Waals surface area contributed by atoms with Crippen LogP contribution in [0.3, 0.4) is 0 Å². The number of hydrogen-bond donors (Lipinski definition) is 0. The van der Waals surface area contributed by atoms with Crippen molar-refractivity contribution in [3.63, 3.8) is 0 Å². The number of hydrogen-bond acceptors (Lipinski definition) is 1. The van der Waals surface area contributed by atoms with Gasteiger partial charge in [-0.1, -0.05) is 24.3 Å². The normalized spacial score (nSPS) is 11.4. The largest absolute Gasteiger partial charge is 0.344 e. The van der Waals surface area contributed by atoms with Gasteiger partial charge in [-0.2, -0.15) is 0 Å². The molecule has 0 amide bonds. The fourth-order valence-electron chi connectivity index (χ4n) is 2.13. The summed E-state index contributed by atoms with van der Waals surface area (Å²) < 4.78 is 2.20. The zero-order chi connectivity index (χ0) is 12.4. The van der Waals surface area contributed by atoms with Crippen LogP contribution in [0.5, 0.6) is 0 Å². The Morgan fingerprint density at radius 2 is 1.78 bits per heavy atom. The first-order chi connectivity index (χ1) is 8.84. The molecule has 0 radical (unpaired) electrons. The van der Waals surface area contributed by atoms with Crippen LogP contribution >= 0.6 is 0 Å². The molecule has 0 aliphatic carbocycles. The van der Waals surface area contributed by atoms with Gasteiger partial charge in [-0.05, 0) is 35.9 Å². The lowest BCUT2D eigenvalue weighted by Gasteiger charge is -1.98. The fraction of sp³-hybridized carbons (Fsp3) is 0.0625. The number of aromatic nitrogens is 2. The Hall–Kier alpha value is -2.35. The molecular weight excluding hydrogens is 220 g/mol. The van der Waals surface area contributed by atoms with Crippen LogP contribution in [0.25, 0.3) is 23.1 Å². The minimum Gasteiger partial charge on any atom is -0.344 e. The molecule has 2 nitrogen and oxygen atoms in total. The lowest BCUT2D eigenvalue weighted by molar-refractivity contribution is 0.955. The van der Waals surface area contributed by atoms with Gasteiger partial charge in [0.05, 0.1) is 0 Å². The molecule has 0 N–H and O–H groups in total. The van der Waals surface area contributed by atoms with E-state index in [1.807, 2.05) is 12.1 Å². The quantitative estimate of drug-likeness (QED) is 0.660.